The fourth-order valence-corrected chi connectivity index (χ4v) is 3.05. The number of aryl methyl sites for hydroxylation is 3. The summed E-state index contributed by atoms with van der Waals surface area (Å²) in [7, 11) is 3.27. The van der Waals surface area contributed by atoms with Crippen LogP contribution in [0.5, 0.6) is 11.5 Å². The SMILES string of the molecule is CCc1cccc(C)c1Nc1nc(C)cc(Nc2cc(OC)ccc2OC)n1. The summed E-state index contributed by atoms with van der Waals surface area (Å²) < 4.78 is 10.8. The first-order chi connectivity index (χ1) is 13.5. The largest absolute Gasteiger partial charge is 0.497 e. The molecule has 1 aromatic heterocycles. The third kappa shape index (κ3) is 4.34. The van der Waals surface area contributed by atoms with E-state index in [1.54, 1.807) is 14.2 Å². The van der Waals surface area contributed by atoms with Gasteiger partial charge in [0.1, 0.15) is 17.3 Å². The Balaban J connectivity index is 1.93. The van der Waals surface area contributed by atoms with Gasteiger partial charge in [-0.1, -0.05) is 25.1 Å². The molecule has 3 rings (SSSR count). The molecule has 0 spiro atoms. The maximum absolute atomic E-state index is 5.44. The minimum Gasteiger partial charge on any atom is -0.497 e. The summed E-state index contributed by atoms with van der Waals surface area (Å²) in [6.07, 6.45) is 0.932. The summed E-state index contributed by atoms with van der Waals surface area (Å²) >= 11 is 0. The summed E-state index contributed by atoms with van der Waals surface area (Å²) in [5.41, 5.74) is 5.08. The van der Waals surface area contributed by atoms with E-state index >= 15 is 0 Å². The number of nitrogens with zero attached hydrogens (tertiary/aromatic N) is 2. The number of nitrogens with one attached hydrogen (secondary N) is 2. The van der Waals surface area contributed by atoms with Crippen molar-refractivity contribution in [1.82, 2.24) is 9.97 Å². The summed E-state index contributed by atoms with van der Waals surface area (Å²) in [5, 5.41) is 6.70. The highest BCUT2D eigenvalue weighted by Gasteiger charge is 2.10. The van der Waals surface area contributed by atoms with Gasteiger partial charge in [-0.2, -0.15) is 4.98 Å². The zero-order valence-electron chi connectivity index (χ0n) is 17.0. The van der Waals surface area contributed by atoms with Crippen LogP contribution in [0.4, 0.5) is 23.1 Å². The molecule has 0 bridgehead atoms. The van der Waals surface area contributed by atoms with Gasteiger partial charge in [0.15, 0.2) is 0 Å². The molecule has 0 fully saturated rings. The lowest BCUT2D eigenvalue weighted by Gasteiger charge is -2.15. The van der Waals surface area contributed by atoms with Crippen LogP contribution in [0.1, 0.15) is 23.7 Å². The number of aromatic nitrogens is 2. The highest BCUT2D eigenvalue weighted by molar-refractivity contribution is 5.68. The van der Waals surface area contributed by atoms with Gasteiger partial charge in [-0.3, -0.25) is 0 Å². The van der Waals surface area contributed by atoms with Crippen LogP contribution in [0.3, 0.4) is 0 Å². The Morgan fingerprint density at radius 1 is 0.929 bits per heavy atom. The van der Waals surface area contributed by atoms with Crippen molar-refractivity contribution in [3.05, 3.63) is 59.3 Å². The molecule has 0 aliphatic carbocycles. The molecule has 1 heterocycles. The van der Waals surface area contributed by atoms with E-state index in [0.29, 0.717) is 17.5 Å². The first kappa shape index (κ1) is 19.5. The molecule has 3 aromatic rings. The lowest BCUT2D eigenvalue weighted by atomic mass is 10.1. The maximum Gasteiger partial charge on any atom is 0.229 e. The molecule has 2 aromatic carbocycles. The fraction of sp³-hybridized carbons (Fsp3) is 0.273. The third-order valence-electron chi connectivity index (χ3n) is 4.50. The van der Waals surface area contributed by atoms with Gasteiger partial charge < -0.3 is 20.1 Å². The van der Waals surface area contributed by atoms with Crippen LogP contribution in [-0.2, 0) is 6.42 Å². The topological polar surface area (TPSA) is 68.3 Å². The quantitative estimate of drug-likeness (QED) is 0.592. The molecule has 0 saturated carbocycles. The number of anilines is 4. The first-order valence-electron chi connectivity index (χ1n) is 9.24. The Kier molecular flexibility index (Phi) is 5.99. The van der Waals surface area contributed by atoms with E-state index in [0.717, 1.165) is 34.8 Å². The fourth-order valence-electron chi connectivity index (χ4n) is 3.05. The van der Waals surface area contributed by atoms with Gasteiger partial charge in [0.2, 0.25) is 5.95 Å². The van der Waals surface area contributed by atoms with E-state index in [9.17, 15) is 0 Å². The highest BCUT2D eigenvalue weighted by atomic mass is 16.5. The molecule has 28 heavy (non-hydrogen) atoms. The van der Waals surface area contributed by atoms with Gasteiger partial charge in [0.25, 0.3) is 0 Å². The number of hydrogen-bond donors (Lipinski definition) is 2. The molecule has 0 radical (unpaired) electrons. The summed E-state index contributed by atoms with van der Waals surface area (Å²) in [6, 6.07) is 13.7. The van der Waals surface area contributed by atoms with Crippen LogP contribution in [0.25, 0.3) is 0 Å². The molecule has 0 saturated heterocycles. The van der Waals surface area contributed by atoms with E-state index in [-0.39, 0.29) is 0 Å². The number of hydrogen-bond acceptors (Lipinski definition) is 6. The van der Waals surface area contributed by atoms with E-state index in [2.05, 4.69) is 52.6 Å². The molecule has 0 unspecified atom stereocenters. The lowest BCUT2D eigenvalue weighted by molar-refractivity contribution is 0.405. The van der Waals surface area contributed by atoms with Gasteiger partial charge in [-0.15, -0.1) is 0 Å². The molecule has 146 valence electrons. The predicted octanol–water partition coefficient (Wildman–Crippen LogP) is 5.16. The molecule has 0 aliphatic heterocycles. The van der Waals surface area contributed by atoms with Crippen LogP contribution < -0.4 is 20.1 Å². The van der Waals surface area contributed by atoms with Crippen molar-refractivity contribution in [1.29, 1.82) is 0 Å². The van der Waals surface area contributed by atoms with Crippen LogP contribution in [0, 0.1) is 13.8 Å². The number of benzene rings is 2. The number of para-hydroxylation sites is 1. The van der Waals surface area contributed by atoms with Gasteiger partial charge >= 0.3 is 0 Å². The molecule has 0 atom stereocenters. The Morgan fingerprint density at radius 3 is 2.46 bits per heavy atom. The maximum atomic E-state index is 5.44. The first-order valence-corrected chi connectivity index (χ1v) is 9.24. The van der Waals surface area contributed by atoms with Crippen molar-refractivity contribution < 1.29 is 9.47 Å². The lowest BCUT2D eigenvalue weighted by Crippen LogP contribution is -2.05. The van der Waals surface area contributed by atoms with Crippen LogP contribution >= 0.6 is 0 Å². The number of methoxy groups -OCH3 is 2. The zero-order valence-corrected chi connectivity index (χ0v) is 17.0. The molecule has 2 N–H and O–H groups in total. The summed E-state index contributed by atoms with van der Waals surface area (Å²) in [4.78, 5) is 9.19. The van der Waals surface area contributed by atoms with Crippen molar-refractivity contribution in [3.63, 3.8) is 0 Å². The molecule has 6 nitrogen and oxygen atoms in total. The number of rotatable bonds is 7. The average Bonchev–Trinajstić information content (AvgIpc) is 2.69. The van der Waals surface area contributed by atoms with Crippen molar-refractivity contribution in [2.45, 2.75) is 27.2 Å². The monoisotopic (exact) mass is 378 g/mol. The second kappa shape index (κ2) is 8.61. The Labute approximate surface area is 166 Å². The Bertz CT molecular complexity index is 973. The predicted molar refractivity (Wildman–Crippen MR) is 113 cm³/mol. The van der Waals surface area contributed by atoms with E-state index in [1.165, 1.54) is 5.56 Å². The Morgan fingerprint density at radius 2 is 1.75 bits per heavy atom. The van der Waals surface area contributed by atoms with E-state index in [1.807, 2.05) is 31.2 Å². The van der Waals surface area contributed by atoms with Crippen LogP contribution in [0.2, 0.25) is 0 Å². The molecule has 0 aliphatic rings. The second-order valence-corrected chi connectivity index (χ2v) is 6.50. The van der Waals surface area contributed by atoms with Crippen molar-refractivity contribution in [2.24, 2.45) is 0 Å². The minimum atomic E-state index is 0.549. The normalized spacial score (nSPS) is 10.5. The number of ether oxygens (including phenoxy) is 2. The molecular weight excluding hydrogens is 352 g/mol. The zero-order chi connectivity index (χ0) is 20.1. The standard InChI is InChI=1S/C22H26N4O2/c1-6-16-9-7-8-14(2)21(16)26-22-23-15(3)12-20(25-22)24-18-13-17(27-4)10-11-19(18)28-5/h7-13H,6H2,1-5H3,(H2,23,24,25,26). The molecular formula is C22H26N4O2. The summed E-state index contributed by atoms with van der Waals surface area (Å²) in [5.74, 6) is 2.67. The van der Waals surface area contributed by atoms with Crippen LogP contribution in [-0.4, -0.2) is 24.2 Å². The van der Waals surface area contributed by atoms with E-state index in [4.69, 9.17) is 9.47 Å². The summed E-state index contributed by atoms with van der Waals surface area (Å²) in [6.45, 7) is 6.16. The van der Waals surface area contributed by atoms with Gasteiger partial charge in [0, 0.05) is 23.5 Å². The van der Waals surface area contributed by atoms with Crippen molar-refractivity contribution in [2.75, 3.05) is 24.9 Å². The van der Waals surface area contributed by atoms with Crippen molar-refractivity contribution in [3.8, 4) is 11.5 Å². The second-order valence-electron chi connectivity index (χ2n) is 6.50. The molecule has 0 amide bonds. The Hall–Kier alpha value is -3.28. The van der Waals surface area contributed by atoms with Gasteiger partial charge in [-0.05, 0) is 43.5 Å². The smallest absolute Gasteiger partial charge is 0.229 e. The van der Waals surface area contributed by atoms with Crippen LogP contribution in [0.15, 0.2) is 42.5 Å². The minimum absolute atomic E-state index is 0.549. The third-order valence-corrected chi connectivity index (χ3v) is 4.50. The van der Waals surface area contributed by atoms with E-state index < -0.39 is 0 Å². The van der Waals surface area contributed by atoms with Gasteiger partial charge in [-0.25, -0.2) is 4.98 Å². The molecule has 6 heteroatoms. The van der Waals surface area contributed by atoms with Crippen molar-refractivity contribution >= 4 is 23.1 Å². The highest BCUT2D eigenvalue weighted by Crippen LogP contribution is 2.32. The average molecular weight is 378 g/mol. The van der Waals surface area contributed by atoms with Gasteiger partial charge in [0.05, 0.1) is 19.9 Å².